The molecule has 1 aliphatic heterocycles. The summed E-state index contributed by atoms with van der Waals surface area (Å²) in [6.07, 6.45) is 3.92. The maximum atomic E-state index is 12.1. The summed E-state index contributed by atoms with van der Waals surface area (Å²) in [6, 6.07) is 30.4. The molecule has 0 bridgehead atoms. The molecule has 0 saturated carbocycles. The van der Waals surface area contributed by atoms with Crippen LogP contribution in [0.15, 0.2) is 120 Å². The van der Waals surface area contributed by atoms with Crippen molar-refractivity contribution in [3.63, 3.8) is 0 Å². The molecule has 0 aliphatic carbocycles. The average Bonchev–Trinajstić information content (AvgIpc) is 3.63. The molecule has 5 aromatic rings. The zero-order valence-electron chi connectivity index (χ0n) is 28.5. The number of hydrogen-bond acceptors (Lipinski definition) is 9. The van der Waals surface area contributed by atoms with Crippen molar-refractivity contribution in [3.8, 4) is 28.0 Å². The summed E-state index contributed by atoms with van der Waals surface area (Å²) in [4.78, 5) is 3.97. The number of oxazole rings is 1. The Balaban J connectivity index is 0.000000654. The molecule has 0 amide bonds. The van der Waals surface area contributed by atoms with E-state index in [0.717, 1.165) is 35.3 Å². The molecule has 0 unspecified atom stereocenters. The van der Waals surface area contributed by atoms with Crippen LogP contribution in [-0.2, 0) is 26.1 Å². The lowest BCUT2D eigenvalue weighted by atomic mass is 10.0. The fourth-order valence-corrected chi connectivity index (χ4v) is 6.85. The molecule has 268 valence electrons. The summed E-state index contributed by atoms with van der Waals surface area (Å²) >= 11 is 0. The Morgan fingerprint density at radius 3 is 2.00 bits per heavy atom. The third-order valence-electron chi connectivity index (χ3n) is 8.31. The standard InChI is InChI=1S/C32H28N2O8S2.C6H13N/c35-43(36,37)18-8-7-17-33-27-19-25(23-9-3-1-4-10-23)13-15-29(27)41-31(33)21-32-34(22-44(38,39)40)28-20-26(14-16-30(28)42-32)24-11-5-2-6-12-24;1-4-7(5-2)6-3/h1-6,9-16,19-21H,7-8,17-18,22H2,(H-,35,36,37,38,39,40);4H,1,5-6H2,2-3H3. The second-order valence-electron chi connectivity index (χ2n) is 11.8. The minimum absolute atomic E-state index is 0.112. The second-order valence-corrected chi connectivity index (χ2v) is 14.7. The second kappa shape index (κ2) is 16.4. The molecule has 4 aromatic carbocycles. The first kappa shape index (κ1) is 37.3. The van der Waals surface area contributed by atoms with E-state index >= 15 is 0 Å². The van der Waals surface area contributed by atoms with Crippen LogP contribution in [0, 0.1) is 0 Å². The minimum atomic E-state index is -4.47. The van der Waals surface area contributed by atoms with Crippen molar-refractivity contribution in [3.05, 3.63) is 122 Å². The highest BCUT2D eigenvalue weighted by Gasteiger charge is 2.32. The van der Waals surface area contributed by atoms with Crippen molar-refractivity contribution in [2.24, 2.45) is 0 Å². The third kappa shape index (κ3) is 9.85. The summed E-state index contributed by atoms with van der Waals surface area (Å²) in [7, 11) is -8.83. The van der Waals surface area contributed by atoms with E-state index in [1.54, 1.807) is 18.2 Å². The first-order valence-corrected chi connectivity index (χ1v) is 19.7. The predicted octanol–water partition coefficient (Wildman–Crippen LogP) is 6.89. The van der Waals surface area contributed by atoms with E-state index in [9.17, 15) is 25.9 Å². The van der Waals surface area contributed by atoms with Gasteiger partial charge in [-0.25, -0.2) is 8.42 Å². The Morgan fingerprint density at radius 1 is 0.843 bits per heavy atom. The molecule has 13 heteroatoms. The normalized spacial score (nSPS) is 13.4. The number of benzene rings is 4. The van der Waals surface area contributed by atoms with Crippen molar-refractivity contribution in [2.75, 3.05) is 30.3 Å². The molecule has 0 saturated heterocycles. The summed E-state index contributed by atoms with van der Waals surface area (Å²) in [5.41, 5.74) is 5.23. The molecule has 1 aliphatic rings. The van der Waals surface area contributed by atoms with E-state index in [-0.39, 0.29) is 12.3 Å². The van der Waals surface area contributed by atoms with Gasteiger partial charge < -0.3 is 23.5 Å². The first-order valence-electron chi connectivity index (χ1n) is 16.5. The minimum Gasteiger partial charge on any atom is -0.748 e. The quantitative estimate of drug-likeness (QED) is 0.0772. The van der Waals surface area contributed by atoms with Gasteiger partial charge in [0.15, 0.2) is 5.75 Å². The van der Waals surface area contributed by atoms with Crippen molar-refractivity contribution in [1.82, 2.24) is 4.90 Å². The molecule has 1 N–H and O–H groups in total. The summed E-state index contributed by atoms with van der Waals surface area (Å²) < 4.78 is 81.3. The number of aromatic nitrogens is 1. The lowest BCUT2D eigenvalue weighted by Gasteiger charge is -2.18. The van der Waals surface area contributed by atoms with Crippen LogP contribution in [0.4, 0.5) is 5.69 Å². The molecular weight excluding hydrogens is 691 g/mol. The number of anilines is 1. The topological polar surface area (TPSA) is 144 Å². The summed E-state index contributed by atoms with van der Waals surface area (Å²) in [5.74, 6) is -0.290. The van der Waals surface area contributed by atoms with Gasteiger partial charge in [-0.3, -0.25) is 4.55 Å². The molecule has 51 heavy (non-hydrogen) atoms. The van der Waals surface area contributed by atoms with E-state index in [1.165, 1.54) is 4.57 Å². The Morgan fingerprint density at radius 2 is 1.45 bits per heavy atom. The first-order chi connectivity index (χ1) is 24.4. The van der Waals surface area contributed by atoms with E-state index in [1.807, 2.05) is 96.0 Å². The van der Waals surface area contributed by atoms with Crippen LogP contribution in [-0.4, -0.2) is 56.2 Å². The largest absolute Gasteiger partial charge is 0.748 e. The van der Waals surface area contributed by atoms with Gasteiger partial charge in [0.2, 0.25) is 11.5 Å². The van der Waals surface area contributed by atoms with Crippen LogP contribution in [0.1, 0.15) is 32.6 Å². The lowest BCUT2D eigenvalue weighted by Crippen LogP contribution is -2.39. The van der Waals surface area contributed by atoms with Crippen LogP contribution >= 0.6 is 0 Å². The van der Waals surface area contributed by atoms with Gasteiger partial charge in [0, 0.05) is 31.5 Å². The highest BCUT2D eigenvalue weighted by molar-refractivity contribution is 7.85. The number of hydrogen-bond donors (Lipinski definition) is 1. The van der Waals surface area contributed by atoms with Crippen LogP contribution in [0.3, 0.4) is 0 Å². The molecule has 0 radical (unpaired) electrons. The fraction of sp³-hybridized carbons (Fsp3) is 0.237. The van der Waals surface area contributed by atoms with Crippen molar-refractivity contribution in [1.29, 1.82) is 0 Å². The van der Waals surface area contributed by atoms with E-state index in [4.69, 9.17) is 9.15 Å². The summed E-state index contributed by atoms with van der Waals surface area (Å²) in [5, 5.41) is 0. The monoisotopic (exact) mass is 731 g/mol. The number of fused-ring (bicyclic) bond motifs is 2. The molecule has 11 nitrogen and oxygen atoms in total. The maximum absolute atomic E-state index is 12.1. The van der Waals surface area contributed by atoms with E-state index in [2.05, 4.69) is 25.3 Å². The average molecular weight is 732 g/mol. The van der Waals surface area contributed by atoms with Crippen LogP contribution in [0.2, 0.25) is 0 Å². The van der Waals surface area contributed by atoms with E-state index < -0.39 is 31.9 Å². The van der Waals surface area contributed by atoms with Crippen molar-refractivity contribution >= 4 is 43.1 Å². The van der Waals surface area contributed by atoms with Gasteiger partial charge in [-0.05, 0) is 73.3 Å². The zero-order valence-corrected chi connectivity index (χ0v) is 30.1. The number of nitrogens with zero attached hydrogens (tertiary/aromatic N) is 3. The number of rotatable bonds is 13. The highest BCUT2D eigenvalue weighted by atomic mass is 32.2. The number of ether oxygens (including phenoxy) is 1. The number of unbranched alkanes of at least 4 members (excludes halogenated alkanes) is 1. The molecule has 0 fully saturated rings. The maximum Gasteiger partial charge on any atom is 0.380 e. The Hall–Kier alpha value is -4.95. The van der Waals surface area contributed by atoms with Crippen molar-refractivity contribution < 1.29 is 39.7 Å². The molecular formula is C38H41N3O8S2. The zero-order chi connectivity index (χ0) is 36.6. The van der Waals surface area contributed by atoms with Crippen molar-refractivity contribution in [2.45, 2.75) is 32.6 Å². The molecule has 2 heterocycles. The van der Waals surface area contributed by atoms with Gasteiger partial charge in [0.25, 0.3) is 11.4 Å². The van der Waals surface area contributed by atoms with Gasteiger partial charge in [-0.1, -0.05) is 79.4 Å². The Labute approximate surface area is 299 Å². The van der Waals surface area contributed by atoms with E-state index in [0.29, 0.717) is 41.4 Å². The van der Waals surface area contributed by atoms with Crippen LogP contribution in [0.25, 0.3) is 39.4 Å². The Bertz CT molecular complexity index is 2220. The SMILES string of the molecule is C=CN(CC)CC.O=S(=O)([O-])CCCCN1C(=Cc2oc3ccc(-c4ccccc4)cc3[n+]2CS(=O)(=O)O)Oc2ccc(-c3ccccc3)cc21. The van der Waals surface area contributed by atoms with Crippen LogP contribution in [0.5, 0.6) is 5.75 Å². The highest BCUT2D eigenvalue weighted by Crippen LogP contribution is 2.42. The summed E-state index contributed by atoms with van der Waals surface area (Å²) in [6.45, 7) is 10.3. The molecule has 6 rings (SSSR count). The fourth-order valence-electron chi connectivity index (χ4n) is 5.70. The van der Waals surface area contributed by atoms with Gasteiger partial charge in [-0.2, -0.15) is 8.42 Å². The Kier molecular flexibility index (Phi) is 12.0. The third-order valence-corrected chi connectivity index (χ3v) is 9.68. The lowest BCUT2D eigenvalue weighted by molar-refractivity contribution is -0.658. The van der Waals surface area contributed by atoms with Gasteiger partial charge in [0.1, 0.15) is 6.08 Å². The van der Waals surface area contributed by atoms with Crippen LogP contribution < -0.4 is 14.2 Å². The van der Waals surface area contributed by atoms with Gasteiger partial charge >= 0.3 is 16.0 Å². The van der Waals surface area contributed by atoms with Gasteiger partial charge in [-0.15, -0.1) is 4.57 Å². The van der Waals surface area contributed by atoms with Gasteiger partial charge in [0.05, 0.1) is 15.8 Å². The molecule has 1 aromatic heterocycles. The molecule has 0 spiro atoms. The smallest absolute Gasteiger partial charge is 0.380 e. The molecule has 0 atom stereocenters. The predicted molar refractivity (Wildman–Crippen MR) is 198 cm³/mol.